The first-order valence-electron chi connectivity index (χ1n) is 17.1. The predicted molar refractivity (Wildman–Crippen MR) is 239 cm³/mol. The van der Waals surface area contributed by atoms with E-state index < -0.39 is 11.1 Å². The molecule has 308 valence electrons. The van der Waals surface area contributed by atoms with Crippen LogP contribution in [0.2, 0.25) is 0 Å². The van der Waals surface area contributed by atoms with Crippen molar-refractivity contribution in [1.29, 1.82) is 0 Å². The topological polar surface area (TPSA) is 156 Å². The van der Waals surface area contributed by atoms with Crippen LogP contribution in [0.15, 0.2) is 98.3 Å². The van der Waals surface area contributed by atoms with Gasteiger partial charge < -0.3 is 48.4 Å². The highest BCUT2D eigenvalue weighted by atomic mass is 127. The van der Waals surface area contributed by atoms with Crippen molar-refractivity contribution in [3.8, 4) is 21.1 Å². The molecule has 6 aromatic rings. The standard InChI is InChI=1S/C20H17N3O3S2.C11H13BrO2.C9H5N3OS2.CH4.HI/c1-3-26-16(24)11-13-6-4-7-14(10-13)12-28-20-22-17(15-8-5-9-27-15)18(21-2)19(25)23-20;1-2-14-11(13)7-9-4-3-5-10(6-9)8-12;1-10-7-6(5-3-2-4-15-5)11-9(14)12-8(7)13;;/h4-10H,3,11-12H2,1H3,(H,22,23,25);3-6H,2,7-8H2,1H3;2-4H,(H2,11,12,13,14);1H4;1H/p-1. The number of esters is 2. The third-order valence-electron chi connectivity index (χ3n) is 7.36. The Balaban J connectivity index is 0.000000328. The summed E-state index contributed by atoms with van der Waals surface area (Å²) in [6, 6.07) is 23.0. The van der Waals surface area contributed by atoms with Gasteiger partial charge in [-0.3, -0.25) is 19.2 Å². The van der Waals surface area contributed by atoms with Crippen LogP contribution in [-0.2, 0) is 43.0 Å². The molecule has 0 amide bonds. The zero-order valence-corrected chi connectivity index (χ0v) is 38.0. The maximum absolute atomic E-state index is 12.3. The van der Waals surface area contributed by atoms with E-state index in [4.69, 9.17) is 34.8 Å². The Morgan fingerprint density at radius 3 is 1.83 bits per heavy atom. The van der Waals surface area contributed by atoms with Crippen LogP contribution in [0.25, 0.3) is 30.8 Å². The summed E-state index contributed by atoms with van der Waals surface area (Å²) in [5.41, 5.74) is 4.12. The van der Waals surface area contributed by atoms with Gasteiger partial charge >= 0.3 is 11.9 Å². The molecule has 0 unspecified atom stereocenters. The van der Waals surface area contributed by atoms with Gasteiger partial charge in [-0.1, -0.05) is 95.8 Å². The number of H-pyrrole nitrogens is 3. The van der Waals surface area contributed by atoms with E-state index in [-0.39, 0.29) is 65.9 Å². The predicted octanol–water partition coefficient (Wildman–Crippen LogP) is 7.49. The minimum absolute atomic E-state index is 0. The van der Waals surface area contributed by atoms with Gasteiger partial charge in [0.25, 0.3) is 22.5 Å². The summed E-state index contributed by atoms with van der Waals surface area (Å²) in [7, 11) is 0. The first-order chi connectivity index (χ1) is 27.6. The molecule has 0 spiro atoms. The van der Waals surface area contributed by atoms with Gasteiger partial charge in [0.15, 0.2) is 9.93 Å². The van der Waals surface area contributed by atoms with Gasteiger partial charge in [-0.05, 0) is 71.2 Å². The Bertz CT molecular complexity index is 2550. The van der Waals surface area contributed by atoms with E-state index in [1.165, 1.54) is 40.0 Å². The monoisotopic (exact) mass is 1050 g/mol. The molecule has 2 aromatic carbocycles. The number of benzene rings is 2. The molecular weight excluding hydrogens is 1010 g/mol. The van der Waals surface area contributed by atoms with Crippen molar-refractivity contribution < 1.29 is 43.0 Å². The minimum Gasteiger partial charge on any atom is -1.00 e. The van der Waals surface area contributed by atoms with Crippen molar-refractivity contribution in [3.63, 3.8) is 0 Å². The van der Waals surface area contributed by atoms with E-state index in [1.807, 2.05) is 90.5 Å². The van der Waals surface area contributed by atoms with Gasteiger partial charge in [-0.2, -0.15) is 0 Å². The molecule has 59 heavy (non-hydrogen) atoms. The van der Waals surface area contributed by atoms with Crippen LogP contribution in [0, 0.1) is 17.9 Å². The Labute approximate surface area is 384 Å². The number of hydrogen-bond donors (Lipinski definition) is 3. The van der Waals surface area contributed by atoms with Crippen LogP contribution in [0.5, 0.6) is 0 Å². The fourth-order valence-electron chi connectivity index (χ4n) is 4.95. The Hall–Kier alpha value is -4.70. The SMILES string of the molecule is C.CCOC(=O)Cc1cccc(CBr)c1.[C-]#[N+]c1c(-c2cccs2)[nH]c(=S)[nH]c1=O.[C-]#[N+]c1c(-c2cccs2)nc(SCc2cccc(CC(=O)OCC)c2)[nH]c1=O.[I-]. The van der Waals surface area contributed by atoms with E-state index in [2.05, 4.69) is 45.6 Å². The van der Waals surface area contributed by atoms with Crippen LogP contribution in [0.1, 0.15) is 43.5 Å². The number of rotatable bonds is 12. The van der Waals surface area contributed by atoms with E-state index in [9.17, 15) is 19.2 Å². The number of hydrogen-bond acceptors (Lipinski definition) is 11. The molecule has 0 saturated carbocycles. The quantitative estimate of drug-likeness (QED) is 0.0215. The number of nitrogens with zero attached hydrogens (tertiary/aromatic N) is 3. The number of alkyl halides is 1. The van der Waals surface area contributed by atoms with E-state index in [0.717, 1.165) is 31.8 Å². The lowest BCUT2D eigenvalue weighted by molar-refractivity contribution is -0.143. The molecule has 18 heteroatoms. The molecule has 0 aliphatic heterocycles. The lowest BCUT2D eigenvalue weighted by atomic mass is 10.1. The van der Waals surface area contributed by atoms with Gasteiger partial charge in [-0.15, -0.1) is 22.7 Å². The van der Waals surface area contributed by atoms with Gasteiger partial charge in [-0.25, -0.2) is 14.7 Å². The molecule has 0 fully saturated rings. The summed E-state index contributed by atoms with van der Waals surface area (Å²) in [5.74, 6) is 0.147. The number of carbonyl (C=O) groups is 2. The molecule has 12 nitrogen and oxygen atoms in total. The minimum atomic E-state index is -0.447. The summed E-state index contributed by atoms with van der Waals surface area (Å²) in [6.07, 6.45) is 0.582. The summed E-state index contributed by atoms with van der Waals surface area (Å²) < 4.78 is 10.1. The number of halogens is 2. The second-order valence-corrected chi connectivity index (χ2v) is 15.2. The highest BCUT2D eigenvalue weighted by molar-refractivity contribution is 9.08. The number of nitrogens with one attached hydrogen (secondary N) is 3. The molecule has 6 rings (SSSR count). The maximum Gasteiger partial charge on any atom is 0.310 e. The van der Waals surface area contributed by atoms with Gasteiger partial charge in [0.2, 0.25) is 0 Å². The van der Waals surface area contributed by atoms with Crippen molar-refractivity contribution in [1.82, 2.24) is 19.9 Å². The Kier molecular flexibility index (Phi) is 22.6. The lowest BCUT2D eigenvalue weighted by Gasteiger charge is -2.07. The second kappa shape index (κ2) is 26.4. The largest absolute Gasteiger partial charge is 1.00 e. The molecular formula is C41H39BrIN6O6S4-. The highest BCUT2D eigenvalue weighted by Crippen LogP contribution is 2.31. The number of aromatic amines is 3. The zero-order chi connectivity index (χ0) is 41.2. The molecule has 0 bridgehead atoms. The number of ether oxygens (including phenoxy) is 2. The molecule has 4 heterocycles. The zero-order valence-electron chi connectivity index (χ0n) is 31.0. The third kappa shape index (κ3) is 15.8. The van der Waals surface area contributed by atoms with E-state index >= 15 is 0 Å². The van der Waals surface area contributed by atoms with E-state index in [1.54, 1.807) is 6.92 Å². The first kappa shape index (κ1) is 50.4. The van der Waals surface area contributed by atoms with Crippen LogP contribution < -0.4 is 35.1 Å². The second-order valence-electron chi connectivity index (χ2n) is 11.4. The fourth-order valence-corrected chi connectivity index (χ4v) is 7.74. The molecule has 0 radical (unpaired) electrons. The van der Waals surface area contributed by atoms with Gasteiger partial charge in [0.05, 0.1) is 50.6 Å². The number of carbonyl (C=O) groups excluding carboxylic acids is 2. The molecule has 0 aliphatic carbocycles. The summed E-state index contributed by atoms with van der Waals surface area (Å²) >= 11 is 12.5. The third-order valence-corrected chi connectivity index (χ3v) is 10.9. The molecule has 0 aliphatic rings. The molecule has 0 atom stereocenters. The van der Waals surface area contributed by atoms with Crippen LogP contribution in [-0.4, -0.2) is 45.1 Å². The summed E-state index contributed by atoms with van der Waals surface area (Å²) in [6.45, 7) is 18.6. The smallest absolute Gasteiger partial charge is 0.310 e. The summed E-state index contributed by atoms with van der Waals surface area (Å²) in [5, 5.41) is 5.02. The van der Waals surface area contributed by atoms with Crippen molar-refractivity contribution in [2.45, 2.75) is 50.4 Å². The van der Waals surface area contributed by atoms with Crippen LogP contribution >= 0.6 is 62.6 Å². The van der Waals surface area contributed by atoms with Crippen molar-refractivity contribution in [2.24, 2.45) is 0 Å². The Morgan fingerprint density at radius 1 is 0.780 bits per heavy atom. The maximum atomic E-state index is 12.3. The first-order valence-corrected chi connectivity index (χ1v) is 21.4. The van der Waals surface area contributed by atoms with Crippen molar-refractivity contribution in [2.75, 3.05) is 13.2 Å². The van der Waals surface area contributed by atoms with Gasteiger partial charge in [0.1, 0.15) is 0 Å². The number of thiophene rings is 2. The average Bonchev–Trinajstić information content (AvgIpc) is 3.94. The Morgan fingerprint density at radius 2 is 1.31 bits per heavy atom. The summed E-state index contributed by atoms with van der Waals surface area (Å²) in [4.78, 5) is 67.1. The van der Waals surface area contributed by atoms with Crippen LogP contribution in [0.3, 0.4) is 0 Å². The number of aromatic nitrogens is 4. The van der Waals surface area contributed by atoms with Gasteiger partial charge in [0, 0.05) is 20.8 Å². The molecule has 0 saturated heterocycles. The molecule has 3 N–H and O–H groups in total. The van der Waals surface area contributed by atoms with Crippen molar-refractivity contribution >= 4 is 85.9 Å². The van der Waals surface area contributed by atoms with Crippen LogP contribution in [0.4, 0.5) is 11.4 Å². The lowest BCUT2D eigenvalue weighted by Crippen LogP contribution is -3.00. The molecule has 4 aromatic heterocycles. The normalized spacial score (nSPS) is 9.78. The van der Waals surface area contributed by atoms with Crippen molar-refractivity contribution in [3.05, 3.63) is 154 Å². The fraction of sp³-hybridized carbons (Fsp3) is 0.220. The average molecular weight is 1050 g/mol. The number of thioether (sulfide) groups is 1. The highest BCUT2D eigenvalue weighted by Gasteiger charge is 2.15. The van der Waals surface area contributed by atoms with E-state index in [0.29, 0.717) is 41.9 Å².